The Morgan fingerprint density at radius 1 is 1.30 bits per heavy atom. The van der Waals surface area contributed by atoms with E-state index in [0.717, 1.165) is 6.54 Å². The number of piperidine rings is 1. The lowest BCUT2D eigenvalue weighted by atomic mass is 9.89. The van der Waals surface area contributed by atoms with Crippen molar-refractivity contribution in [3.8, 4) is 0 Å². The van der Waals surface area contributed by atoms with Gasteiger partial charge in [-0.15, -0.1) is 12.4 Å². The molecule has 0 atom stereocenters. The van der Waals surface area contributed by atoms with Gasteiger partial charge in [-0.25, -0.2) is 0 Å². The van der Waals surface area contributed by atoms with E-state index >= 15 is 0 Å². The van der Waals surface area contributed by atoms with Crippen molar-refractivity contribution in [1.29, 1.82) is 0 Å². The molecule has 0 bridgehead atoms. The fourth-order valence-electron chi connectivity index (χ4n) is 2.91. The molecular weight excluding hydrogens is 272 g/mol. The molecule has 1 fully saturated rings. The minimum atomic E-state index is 0. The average molecular weight is 301 g/mol. The highest BCUT2D eigenvalue weighted by atomic mass is 35.5. The Labute approximate surface area is 129 Å². The lowest BCUT2D eigenvalue weighted by Crippen LogP contribution is -2.40. The van der Waals surface area contributed by atoms with E-state index in [0.29, 0.717) is 6.04 Å². The largest absolute Gasteiger partial charge is 0.317 e. The fourth-order valence-corrected chi connectivity index (χ4v) is 2.91. The average Bonchev–Trinajstić information content (AvgIpc) is 2.71. The second kappa shape index (κ2) is 6.92. The summed E-state index contributed by atoms with van der Waals surface area (Å²) in [5, 5.41) is 8.04. The van der Waals surface area contributed by atoms with E-state index in [1.54, 1.807) is 0 Å². The first-order chi connectivity index (χ1) is 8.90. The second-order valence-corrected chi connectivity index (χ2v) is 6.77. The van der Waals surface area contributed by atoms with Crippen LogP contribution in [0.25, 0.3) is 0 Å². The monoisotopic (exact) mass is 300 g/mol. The van der Waals surface area contributed by atoms with Gasteiger partial charge in [0, 0.05) is 36.8 Å². The number of likely N-dealkylation sites (tertiary alicyclic amines) is 1. The van der Waals surface area contributed by atoms with Gasteiger partial charge in [-0.05, 0) is 33.0 Å². The molecule has 20 heavy (non-hydrogen) atoms. The van der Waals surface area contributed by atoms with Crippen LogP contribution in [0.5, 0.6) is 0 Å². The molecule has 2 rings (SSSR count). The van der Waals surface area contributed by atoms with Gasteiger partial charge in [0.15, 0.2) is 0 Å². The van der Waals surface area contributed by atoms with Crippen molar-refractivity contribution < 1.29 is 0 Å². The van der Waals surface area contributed by atoms with Crippen LogP contribution in [0.2, 0.25) is 0 Å². The molecule has 1 aromatic heterocycles. The smallest absolute Gasteiger partial charge is 0.0722 e. The molecule has 0 aliphatic carbocycles. The number of nitrogens with zero attached hydrogens (tertiary/aromatic N) is 3. The molecule has 0 aromatic carbocycles. The number of aromatic nitrogens is 2. The first-order valence-electron chi connectivity index (χ1n) is 7.33. The van der Waals surface area contributed by atoms with Crippen molar-refractivity contribution in [3.05, 3.63) is 17.5 Å². The van der Waals surface area contributed by atoms with Crippen molar-refractivity contribution in [1.82, 2.24) is 20.0 Å². The van der Waals surface area contributed by atoms with Crippen molar-refractivity contribution >= 4 is 12.4 Å². The molecule has 1 aliphatic rings. The third kappa shape index (κ3) is 4.21. The lowest BCUT2D eigenvalue weighted by molar-refractivity contribution is 0.193. The number of nitrogens with one attached hydrogen (secondary N) is 1. The molecule has 0 unspecified atom stereocenters. The van der Waals surface area contributed by atoms with E-state index in [-0.39, 0.29) is 17.8 Å². The predicted octanol–water partition coefficient (Wildman–Crippen LogP) is 2.32. The van der Waals surface area contributed by atoms with E-state index in [1.165, 1.54) is 37.2 Å². The number of hydrogen-bond donors (Lipinski definition) is 1. The summed E-state index contributed by atoms with van der Waals surface area (Å²) in [4.78, 5) is 2.56. The van der Waals surface area contributed by atoms with Gasteiger partial charge in [0.25, 0.3) is 0 Å². The normalized spacial score (nSPS) is 18.1. The first kappa shape index (κ1) is 17.5. The van der Waals surface area contributed by atoms with Crippen LogP contribution in [0.4, 0.5) is 0 Å². The van der Waals surface area contributed by atoms with Crippen molar-refractivity contribution in [2.75, 3.05) is 20.1 Å². The van der Waals surface area contributed by atoms with Gasteiger partial charge >= 0.3 is 0 Å². The van der Waals surface area contributed by atoms with Gasteiger partial charge in [0.2, 0.25) is 0 Å². The van der Waals surface area contributed by atoms with Crippen LogP contribution in [0.1, 0.15) is 44.9 Å². The number of hydrogen-bond acceptors (Lipinski definition) is 3. The maximum atomic E-state index is 4.66. The zero-order chi connectivity index (χ0) is 14.0. The summed E-state index contributed by atoms with van der Waals surface area (Å²) >= 11 is 0. The molecule has 116 valence electrons. The van der Waals surface area contributed by atoms with E-state index in [2.05, 4.69) is 49.3 Å². The van der Waals surface area contributed by atoms with Crippen LogP contribution in [0.15, 0.2) is 6.20 Å². The Bertz CT molecular complexity index is 414. The Morgan fingerprint density at radius 2 is 1.90 bits per heavy atom. The molecule has 1 aromatic rings. The van der Waals surface area contributed by atoms with Gasteiger partial charge in [-0.2, -0.15) is 5.10 Å². The molecule has 0 amide bonds. The number of rotatable bonds is 3. The van der Waals surface area contributed by atoms with Gasteiger partial charge in [-0.3, -0.25) is 9.58 Å². The summed E-state index contributed by atoms with van der Waals surface area (Å²) in [6.45, 7) is 10.1. The van der Waals surface area contributed by atoms with Gasteiger partial charge in [0.1, 0.15) is 0 Å². The fraction of sp³-hybridized carbons (Fsp3) is 0.800. The van der Waals surface area contributed by atoms with Gasteiger partial charge in [0.05, 0.1) is 5.69 Å². The molecule has 5 heteroatoms. The summed E-state index contributed by atoms with van der Waals surface area (Å²) in [5.41, 5.74) is 2.75. The molecule has 4 nitrogen and oxygen atoms in total. The summed E-state index contributed by atoms with van der Waals surface area (Å²) in [6, 6.07) is 0.701. The van der Waals surface area contributed by atoms with Crippen LogP contribution < -0.4 is 5.32 Å². The number of aryl methyl sites for hydroxylation is 1. The summed E-state index contributed by atoms with van der Waals surface area (Å²) in [7, 11) is 4.09. The molecule has 1 aliphatic heterocycles. The Balaban J connectivity index is 0.00000200. The van der Waals surface area contributed by atoms with Crippen molar-refractivity contribution in [2.45, 2.75) is 51.6 Å². The standard InChI is InChI=1S/C15H28N4.ClH/c1-15(2,3)14-12(10-18(5)17-14)11-19-8-6-13(16-4)7-9-19;/h10,13,16H,6-9,11H2,1-5H3;1H. The summed E-state index contributed by atoms with van der Waals surface area (Å²) in [5.74, 6) is 0. The quantitative estimate of drug-likeness (QED) is 0.930. The molecule has 2 heterocycles. The molecular formula is C15H29ClN4. The Kier molecular flexibility index (Phi) is 6.05. The summed E-state index contributed by atoms with van der Waals surface area (Å²) in [6.07, 6.45) is 4.69. The van der Waals surface area contributed by atoms with E-state index in [4.69, 9.17) is 0 Å². The van der Waals surface area contributed by atoms with Crippen LogP contribution in [-0.2, 0) is 19.0 Å². The molecule has 1 saturated heterocycles. The lowest BCUT2D eigenvalue weighted by Gasteiger charge is -2.32. The molecule has 0 saturated carbocycles. The zero-order valence-electron chi connectivity index (χ0n) is 13.4. The van der Waals surface area contributed by atoms with Crippen LogP contribution in [0, 0.1) is 0 Å². The predicted molar refractivity (Wildman–Crippen MR) is 86.5 cm³/mol. The Hall–Kier alpha value is -0.580. The van der Waals surface area contributed by atoms with Gasteiger partial charge in [-0.1, -0.05) is 20.8 Å². The first-order valence-corrected chi connectivity index (χ1v) is 7.33. The highest BCUT2D eigenvalue weighted by Crippen LogP contribution is 2.25. The van der Waals surface area contributed by atoms with Crippen LogP contribution >= 0.6 is 12.4 Å². The van der Waals surface area contributed by atoms with E-state index < -0.39 is 0 Å². The topological polar surface area (TPSA) is 33.1 Å². The molecule has 0 radical (unpaired) electrons. The van der Waals surface area contributed by atoms with Crippen molar-refractivity contribution in [2.24, 2.45) is 7.05 Å². The van der Waals surface area contributed by atoms with E-state index in [9.17, 15) is 0 Å². The minimum absolute atomic E-state index is 0. The minimum Gasteiger partial charge on any atom is -0.317 e. The molecule has 1 N–H and O–H groups in total. The maximum Gasteiger partial charge on any atom is 0.0722 e. The van der Waals surface area contributed by atoms with Gasteiger partial charge < -0.3 is 5.32 Å². The zero-order valence-corrected chi connectivity index (χ0v) is 14.3. The summed E-state index contributed by atoms with van der Waals surface area (Å²) < 4.78 is 1.95. The Morgan fingerprint density at radius 3 is 2.40 bits per heavy atom. The highest BCUT2D eigenvalue weighted by molar-refractivity contribution is 5.85. The highest BCUT2D eigenvalue weighted by Gasteiger charge is 2.24. The number of halogens is 1. The SMILES string of the molecule is CNC1CCN(Cc2cn(C)nc2C(C)(C)C)CC1.Cl. The second-order valence-electron chi connectivity index (χ2n) is 6.77. The molecule has 0 spiro atoms. The van der Waals surface area contributed by atoms with E-state index in [1.807, 2.05) is 11.7 Å². The van der Waals surface area contributed by atoms with Crippen LogP contribution in [-0.4, -0.2) is 40.9 Å². The van der Waals surface area contributed by atoms with Crippen molar-refractivity contribution in [3.63, 3.8) is 0 Å². The van der Waals surface area contributed by atoms with Crippen LogP contribution in [0.3, 0.4) is 0 Å². The third-order valence-corrected chi connectivity index (χ3v) is 4.00. The third-order valence-electron chi connectivity index (χ3n) is 4.00. The maximum absolute atomic E-state index is 4.66.